The summed E-state index contributed by atoms with van der Waals surface area (Å²) >= 11 is 0. The summed E-state index contributed by atoms with van der Waals surface area (Å²) in [6.45, 7) is 12.8. The van der Waals surface area contributed by atoms with Crippen LogP contribution in [0, 0.1) is 11.3 Å². The Morgan fingerprint density at radius 1 is 1.15 bits per heavy atom. The molecule has 0 aliphatic heterocycles. The molecule has 2 heteroatoms. The summed E-state index contributed by atoms with van der Waals surface area (Å²) < 4.78 is 5.52. The van der Waals surface area contributed by atoms with Crippen molar-refractivity contribution in [2.75, 3.05) is 6.61 Å². The predicted octanol–water partition coefficient (Wildman–Crippen LogP) is 2.45. The zero-order valence-corrected chi connectivity index (χ0v) is 9.79. The minimum absolute atomic E-state index is 0.154. The standard InChI is InChI=1S/C11H24O2/c1-8(2)10(12)11(5,6)7-13-9(3)4/h8-10,12H,7H2,1-6H3. The summed E-state index contributed by atoms with van der Waals surface area (Å²) in [6, 6.07) is 0. The van der Waals surface area contributed by atoms with Crippen molar-refractivity contribution in [3.8, 4) is 0 Å². The van der Waals surface area contributed by atoms with Crippen LogP contribution < -0.4 is 0 Å². The monoisotopic (exact) mass is 188 g/mol. The summed E-state index contributed by atoms with van der Waals surface area (Å²) in [5.41, 5.74) is -0.154. The smallest absolute Gasteiger partial charge is 0.0636 e. The lowest BCUT2D eigenvalue weighted by Gasteiger charge is -2.33. The Balaban J connectivity index is 4.06. The Hall–Kier alpha value is -0.0800. The molecule has 0 radical (unpaired) electrons. The van der Waals surface area contributed by atoms with Gasteiger partial charge >= 0.3 is 0 Å². The molecular weight excluding hydrogens is 164 g/mol. The highest BCUT2D eigenvalue weighted by molar-refractivity contribution is 4.79. The molecule has 0 aromatic heterocycles. The first-order valence-electron chi connectivity index (χ1n) is 5.07. The molecule has 0 aromatic rings. The van der Waals surface area contributed by atoms with Gasteiger partial charge in [0.2, 0.25) is 0 Å². The lowest BCUT2D eigenvalue weighted by molar-refractivity contribution is -0.0597. The summed E-state index contributed by atoms with van der Waals surface area (Å²) in [7, 11) is 0. The van der Waals surface area contributed by atoms with E-state index >= 15 is 0 Å². The Bertz CT molecular complexity index is 139. The fourth-order valence-corrected chi connectivity index (χ4v) is 1.37. The van der Waals surface area contributed by atoms with Crippen molar-refractivity contribution in [3.63, 3.8) is 0 Å². The number of aliphatic hydroxyl groups is 1. The molecule has 0 saturated carbocycles. The van der Waals surface area contributed by atoms with Crippen LogP contribution in [0.25, 0.3) is 0 Å². The topological polar surface area (TPSA) is 29.5 Å². The first-order chi connectivity index (χ1) is 5.77. The molecule has 1 atom stereocenters. The van der Waals surface area contributed by atoms with Crippen LogP contribution in [0.3, 0.4) is 0 Å². The van der Waals surface area contributed by atoms with Crippen molar-refractivity contribution in [1.29, 1.82) is 0 Å². The molecule has 1 unspecified atom stereocenters. The van der Waals surface area contributed by atoms with Crippen molar-refractivity contribution in [3.05, 3.63) is 0 Å². The third-order valence-corrected chi connectivity index (χ3v) is 2.22. The van der Waals surface area contributed by atoms with Crippen LogP contribution in [-0.4, -0.2) is 23.9 Å². The quantitative estimate of drug-likeness (QED) is 0.718. The molecule has 0 aromatic carbocycles. The molecule has 0 aliphatic carbocycles. The molecule has 80 valence electrons. The second-order valence-corrected chi connectivity index (χ2v) is 5.04. The van der Waals surface area contributed by atoms with E-state index in [1.807, 2.05) is 41.5 Å². The van der Waals surface area contributed by atoms with Crippen LogP contribution in [0.4, 0.5) is 0 Å². The van der Waals surface area contributed by atoms with E-state index in [-0.39, 0.29) is 23.5 Å². The van der Waals surface area contributed by atoms with Gasteiger partial charge in [-0.2, -0.15) is 0 Å². The lowest BCUT2D eigenvalue weighted by Crippen LogP contribution is -2.38. The molecule has 1 N–H and O–H groups in total. The van der Waals surface area contributed by atoms with Gasteiger partial charge in [0.25, 0.3) is 0 Å². The summed E-state index contributed by atoms with van der Waals surface area (Å²) in [4.78, 5) is 0. The van der Waals surface area contributed by atoms with Gasteiger partial charge in [0.05, 0.1) is 18.8 Å². The average molecular weight is 188 g/mol. The highest BCUT2D eigenvalue weighted by atomic mass is 16.5. The molecular formula is C11H24O2. The second kappa shape index (κ2) is 4.97. The zero-order valence-electron chi connectivity index (χ0n) is 9.79. The number of aliphatic hydroxyl groups excluding tert-OH is 1. The van der Waals surface area contributed by atoms with E-state index in [9.17, 15) is 5.11 Å². The van der Waals surface area contributed by atoms with Crippen molar-refractivity contribution < 1.29 is 9.84 Å². The number of hydrogen-bond acceptors (Lipinski definition) is 2. The highest BCUT2D eigenvalue weighted by Gasteiger charge is 2.30. The fourth-order valence-electron chi connectivity index (χ4n) is 1.37. The third-order valence-electron chi connectivity index (χ3n) is 2.22. The molecule has 2 nitrogen and oxygen atoms in total. The van der Waals surface area contributed by atoms with Crippen LogP contribution in [0.1, 0.15) is 41.5 Å². The van der Waals surface area contributed by atoms with Crippen LogP contribution >= 0.6 is 0 Å². The number of rotatable bonds is 5. The van der Waals surface area contributed by atoms with E-state index in [2.05, 4.69) is 0 Å². The maximum absolute atomic E-state index is 9.89. The first-order valence-corrected chi connectivity index (χ1v) is 5.07. The van der Waals surface area contributed by atoms with E-state index in [4.69, 9.17) is 4.74 Å². The molecule has 0 fully saturated rings. The molecule has 0 amide bonds. The van der Waals surface area contributed by atoms with Crippen molar-refractivity contribution in [1.82, 2.24) is 0 Å². The second-order valence-electron chi connectivity index (χ2n) is 5.04. The minimum atomic E-state index is -0.300. The minimum Gasteiger partial charge on any atom is -0.392 e. The average Bonchev–Trinajstić information content (AvgIpc) is 1.99. The Kier molecular flexibility index (Phi) is 4.93. The summed E-state index contributed by atoms with van der Waals surface area (Å²) in [6.07, 6.45) is -0.0649. The van der Waals surface area contributed by atoms with Crippen LogP contribution in [-0.2, 0) is 4.74 Å². The van der Waals surface area contributed by atoms with Crippen molar-refractivity contribution >= 4 is 0 Å². The van der Waals surface area contributed by atoms with Gasteiger partial charge < -0.3 is 9.84 Å². The summed E-state index contributed by atoms with van der Waals surface area (Å²) in [5, 5.41) is 9.89. The molecule has 0 bridgehead atoms. The van der Waals surface area contributed by atoms with Gasteiger partial charge in [0.15, 0.2) is 0 Å². The summed E-state index contributed by atoms with van der Waals surface area (Å²) in [5.74, 6) is 0.283. The lowest BCUT2D eigenvalue weighted by atomic mass is 9.81. The zero-order chi connectivity index (χ0) is 10.6. The predicted molar refractivity (Wildman–Crippen MR) is 55.7 cm³/mol. The highest BCUT2D eigenvalue weighted by Crippen LogP contribution is 2.26. The van der Waals surface area contributed by atoms with E-state index < -0.39 is 0 Å². The van der Waals surface area contributed by atoms with Gasteiger partial charge in [-0.3, -0.25) is 0 Å². The van der Waals surface area contributed by atoms with Gasteiger partial charge in [0, 0.05) is 5.41 Å². The van der Waals surface area contributed by atoms with Gasteiger partial charge in [-0.05, 0) is 19.8 Å². The molecule has 0 heterocycles. The van der Waals surface area contributed by atoms with E-state index in [1.165, 1.54) is 0 Å². The Morgan fingerprint density at radius 3 is 1.92 bits per heavy atom. The van der Waals surface area contributed by atoms with E-state index in [0.717, 1.165) is 0 Å². The first kappa shape index (κ1) is 12.9. The maximum Gasteiger partial charge on any atom is 0.0636 e. The number of hydrogen-bond donors (Lipinski definition) is 1. The maximum atomic E-state index is 9.89. The Morgan fingerprint density at radius 2 is 1.62 bits per heavy atom. The largest absolute Gasteiger partial charge is 0.392 e. The molecule has 0 rings (SSSR count). The van der Waals surface area contributed by atoms with Crippen LogP contribution in [0.15, 0.2) is 0 Å². The van der Waals surface area contributed by atoms with E-state index in [0.29, 0.717) is 6.61 Å². The third kappa shape index (κ3) is 4.63. The van der Waals surface area contributed by atoms with Gasteiger partial charge in [0.1, 0.15) is 0 Å². The van der Waals surface area contributed by atoms with Gasteiger partial charge in [-0.1, -0.05) is 27.7 Å². The molecule has 0 spiro atoms. The van der Waals surface area contributed by atoms with Crippen LogP contribution in [0.5, 0.6) is 0 Å². The number of ether oxygens (including phenoxy) is 1. The van der Waals surface area contributed by atoms with Crippen molar-refractivity contribution in [2.45, 2.75) is 53.8 Å². The van der Waals surface area contributed by atoms with E-state index in [1.54, 1.807) is 0 Å². The molecule has 13 heavy (non-hydrogen) atoms. The van der Waals surface area contributed by atoms with Gasteiger partial charge in [-0.25, -0.2) is 0 Å². The van der Waals surface area contributed by atoms with Crippen LogP contribution in [0.2, 0.25) is 0 Å². The molecule has 0 aliphatic rings. The fraction of sp³-hybridized carbons (Fsp3) is 1.00. The SMILES string of the molecule is CC(C)OCC(C)(C)C(O)C(C)C. The molecule has 0 saturated heterocycles. The van der Waals surface area contributed by atoms with Crippen molar-refractivity contribution in [2.24, 2.45) is 11.3 Å². The Labute approximate surface area is 82.3 Å². The van der Waals surface area contributed by atoms with Gasteiger partial charge in [-0.15, -0.1) is 0 Å². The normalized spacial score (nSPS) is 15.5.